The van der Waals surface area contributed by atoms with Crippen LogP contribution in [0, 0.1) is 0 Å². The van der Waals surface area contributed by atoms with Gasteiger partial charge in [-0.05, 0) is 12.1 Å². The average Bonchev–Trinajstić information content (AvgIpc) is 2.18. The maximum atomic E-state index is 12.3. The van der Waals surface area contributed by atoms with Crippen LogP contribution in [0.2, 0.25) is 0 Å². The topological polar surface area (TPSA) is 110 Å². The average molecular weight is 250 g/mol. The summed E-state index contributed by atoms with van der Waals surface area (Å²) in [6, 6.07) is -1.08. The van der Waals surface area contributed by atoms with Crippen molar-refractivity contribution in [1.29, 1.82) is 0 Å². The van der Waals surface area contributed by atoms with E-state index in [0.29, 0.717) is 12.1 Å². The van der Waals surface area contributed by atoms with Gasteiger partial charge >= 0.3 is 12.1 Å². The number of aromatic carboxylic acids is 1. The Balaban J connectivity index is 3.30. The van der Waals surface area contributed by atoms with Gasteiger partial charge in [-0.15, -0.1) is 0 Å². The van der Waals surface area contributed by atoms with Crippen LogP contribution in [0.4, 0.5) is 18.9 Å². The molecule has 8 heteroatoms. The Bertz CT molecular complexity index is 460. The standard InChI is InChI=1S/C9H9F3N2O3/c10-9(11,12)7(14)4-1-5(13)3(8(16)17)2-6(4)15/h1-2,7,15H,13-14H2,(H,16,17)/t7-/m1/s1. The number of hydrogen-bond donors (Lipinski definition) is 4. The summed E-state index contributed by atoms with van der Waals surface area (Å²) in [5, 5.41) is 17.9. The first-order chi connectivity index (χ1) is 7.64. The molecule has 0 heterocycles. The molecule has 0 aromatic heterocycles. The molecule has 1 aromatic rings. The Kier molecular flexibility index (Phi) is 3.18. The summed E-state index contributed by atoms with van der Waals surface area (Å²) in [4.78, 5) is 10.6. The number of carboxylic acids is 1. The van der Waals surface area contributed by atoms with Gasteiger partial charge in [-0.25, -0.2) is 4.79 Å². The fraction of sp³-hybridized carbons (Fsp3) is 0.222. The molecule has 0 saturated heterocycles. The highest BCUT2D eigenvalue weighted by Crippen LogP contribution is 2.37. The van der Waals surface area contributed by atoms with Crippen molar-refractivity contribution in [2.75, 3.05) is 5.73 Å². The summed E-state index contributed by atoms with van der Waals surface area (Å²) in [6.45, 7) is 0. The van der Waals surface area contributed by atoms with Gasteiger partial charge in [0.1, 0.15) is 11.8 Å². The normalized spacial score (nSPS) is 13.4. The van der Waals surface area contributed by atoms with Crippen LogP contribution in [-0.2, 0) is 0 Å². The second-order valence-electron chi connectivity index (χ2n) is 3.32. The summed E-state index contributed by atoms with van der Waals surface area (Å²) in [5.74, 6) is -2.31. The van der Waals surface area contributed by atoms with Crippen LogP contribution in [0.3, 0.4) is 0 Å². The number of alkyl halides is 3. The maximum absolute atomic E-state index is 12.3. The first kappa shape index (κ1) is 13.1. The lowest BCUT2D eigenvalue weighted by Crippen LogP contribution is -2.28. The van der Waals surface area contributed by atoms with Crippen LogP contribution in [-0.4, -0.2) is 22.4 Å². The number of halogens is 3. The quantitative estimate of drug-likeness (QED) is 0.466. The van der Waals surface area contributed by atoms with Gasteiger partial charge in [0.15, 0.2) is 0 Å². The molecule has 17 heavy (non-hydrogen) atoms. The Morgan fingerprint density at radius 1 is 1.35 bits per heavy atom. The number of aromatic hydroxyl groups is 1. The molecule has 0 amide bonds. The molecule has 0 aliphatic heterocycles. The molecule has 0 aliphatic rings. The van der Waals surface area contributed by atoms with Gasteiger partial charge in [0.2, 0.25) is 0 Å². The second-order valence-corrected chi connectivity index (χ2v) is 3.32. The molecule has 6 N–H and O–H groups in total. The third kappa shape index (κ3) is 2.59. The van der Waals surface area contributed by atoms with Crippen molar-refractivity contribution in [1.82, 2.24) is 0 Å². The highest BCUT2D eigenvalue weighted by atomic mass is 19.4. The highest BCUT2D eigenvalue weighted by molar-refractivity contribution is 5.94. The third-order valence-electron chi connectivity index (χ3n) is 2.12. The fourth-order valence-corrected chi connectivity index (χ4v) is 1.23. The zero-order chi connectivity index (χ0) is 13.4. The zero-order valence-corrected chi connectivity index (χ0v) is 8.32. The van der Waals surface area contributed by atoms with Crippen LogP contribution in [0.25, 0.3) is 0 Å². The van der Waals surface area contributed by atoms with Crippen molar-refractivity contribution in [3.05, 3.63) is 23.3 Å². The number of phenols is 1. The van der Waals surface area contributed by atoms with E-state index in [1.165, 1.54) is 0 Å². The van der Waals surface area contributed by atoms with E-state index in [2.05, 4.69) is 0 Å². The van der Waals surface area contributed by atoms with Crippen LogP contribution in [0.5, 0.6) is 5.75 Å². The minimum absolute atomic E-state index is 0.398. The summed E-state index contributed by atoms with van der Waals surface area (Å²) in [7, 11) is 0. The predicted molar refractivity (Wildman–Crippen MR) is 52.5 cm³/mol. The van der Waals surface area contributed by atoms with Gasteiger partial charge in [-0.2, -0.15) is 13.2 Å². The molecule has 1 rings (SSSR count). The predicted octanol–water partition coefficient (Wildman–Crippen LogP) is 1.23. The molecule has 1 atom stereocenters. The van der Waals surface area contributed by atoms with Crippen LogP contribution in [0.15, 0.2) is 12.1 Å². The fourth-order valence-electron chi connectivity index (χ4n) is 1.23. The Morgan fingerprint density at radius 3 is 2.29 bits per heavy atom. The number of nitrogen functional groups attached to an aromatic ring is 1. The van der Waals surface area contributed by atoms with E-state index in [-0.39, 0.29) is 0 Å². The van der Waals surface area contributed by atoms with Gasteiger partial charge < -0.3 is 21.7 Å². The number of benzene rings is 1. The first-order valence-corrected chi connectivity index (χ1v) is 4.32. The lowest BCUT2D eigenvalue weighted by molar-refractivity contribution is -0.149. The number of hydrogen-bond acceptors (Lipinski definition) is 4. The van der Waals surface area contributed by atoms with Crippen molar-refractivity contribution < 1.29 is 28.2 Å². The van der Waals surface area contributed by atoms with Crippen LogP contribution >= 0.6 is 0 Å². The number of phenolic OH excluding ortho intramolecular Hbond substituents is 1. The molecule has 0 unspecified atom stereocenters. The number of carbonyl (C=O) groups is 1. The van der Waals surface area contributed by atoms with Gasteiger partial charge in [-0.3, -0.25) is 0 Å². The molecule has 94 valence electrons. The van der Waals surface area contributed by atoms with E-state index >= 15 is 0 Å². The molecule has 5 nitrogen and oxygen atoms in total. The maximum Gasteiger partial charge on any atom is 0.407 e. The summed E-state index contributed by atoms with van der Waals surface area (Å²) >= 11 is 0. The van der Waals surface area contributed by atoms with Crippen LogP contribution in [0.1, 0.15) is 22.0 Å². The van der Waals surface area contributed by atoms with Crippen molar-refractivity contribution in [2.24, 2.45) is 5.73 Å². The Hall–Kier alpha value is -1.96. The second kappa shape index (κ2) is 4.13. The molecule has 1 aromatic carbocycles. The summed E-state index contributed by atoms with van der Waals surface area (Å²) in [5.41, 5.74) is 8.59. The third-order valence-corrected chi connectivity index (χ3v) is 2.12. The van der Waals surface area contributed by atoms with Gasteiger partial charge in [0.25, 0.3) is 0 Å². The van der Waals surface area contributed by atoms with E-state index < -0.39 is 40.8 Å². The highest BCUT2D eigenvalue weighted by Gasteiger charge is 2.39. The van der Waals surface area contributed by atoms with Crippen molar-refractivity contribution >= 4 is 11.7 Å². The minimum atomic E-state index is -4.76. The smallest absolute Gasteiger partial charge is 0.407 e. The van der Waals surface area contributed by atoms with E-state index in [1.807, 2.05) is 0 Å². The SMILES string of the molecule is Nc1cc([C@@H](N)C(F)(F)F)c(O)cc1C(=O)O. The monoisotopic (exact) mass is 250 g/mol. The first-order valence-electron chi connectivity index (χ1n) is 4.32. The molecule has 0 radical (unpaired) electrons. The zero-order valence-electron chi connectivity index (χ0n) is 8.32. The van der Waals surface area contributed by atoms with Crippen molar-refractivity contribution in [3.8, 4) is 5.75 Å². The van der Waals surface area contributed by atoms with Crippen molar-refractivity contribution in [2.45, 2.75) is 12.2 Å². The number of anilines is 1. The number of carboxylic acid groups (broad SMARTS) is 1. The van der Waals surface area contributed by atoms with E-state index in [0.717, 1.165) is 0 Å². The Labute approximate surface area is 93.5 Å². The number of rotatable bonds is 2. The summed E-state index contributed by atoms with van der Waals surface area (Å²) in [6.07, 6.45) is -4.76. The van der Waals surface area contributed by atoms with Crippen molar-refractivity contribution in [3.63, 3.8) is 0 Å². The van der Waals surface area contributed by atoms with E-state index in [1.54, 1.807) is 0 Å². The largest absolute Gasteiger partial charge is 0.508 e. The lowest BCUT2D eigenvalue weighted by atomic mass is 10.0. The van der Waals surface area contributed by atoms with E-state index in [9.17, 15) is 23.1 Å². The van der Waals surface area contributed by atoms with Gasteiger partial charge in [0.05, 0.1) is 5.56 Å². The molecule has 0 fully saturated rings. The number of nitrogens with two attached hydrogens (primary N) is 2. The lowest BCUT2D eigenvalue weighted by Gasteiger charge is -2.18. The van der Waals surface area contributed by atoms with Gasteiger partial charge in [-0.1, -0.05) is 0 Å². The molecule has 0 bridgehead atoms. The molecular weight excluding hydrogens is 241 g/mol. The molecule has 0 aliphatic carbocycles. The molecule has 0 spiro atoms. The molecule has 0 saturated carbocycles. The summed E-state index contributed by atoms with van der Waals surface area (Å²) < 4.78 is 36.9. The minimum Gasteiger partial charge on any atom is -0.508 e. The Morgan fingerprint density at radius 2 is 1.88 bits per heavy atom. The molecular formula is C9H9F3N2O3. The van der Waals surface area contributed by atoms with Crippen LogP contribution < -0.4 is 11.5 Å². The van der Waals surface area contributed by atoms with Gasteiger partial charge in [0, 0.05) is 11.3 Å². The van der Waals surface area contributed by atoms with E-state index in [4.69, 9.17) is 16.6 Å².